The Bertz CT molecular complexity index is 1540. The molecule has 0 aliphatic heterocycles. The molecule has 0 spiro atoms. The van der Waals surface area contributed by atoms with Crippen LogP contribution >= 0.6 is 0 Å². The maximum atomic E-state index is 12.6. The lowest BCUT2D eigenvalue weighted by Gasteiger charge is -2.09. The number of fused-ring (bicyclic) bond motifs is 2. The van der Waals surface area contributed by atoms with E-state index < -0.39 is 17.2 Å². The molecule has 4 aromatic rings. The number of imidazole rings is 1. The largest absolute Gasteiger partial charge is 0.464 e. The molecule has 4 rings (SSSR count). The number of aryl methyl sites for hydroxylation is 5. The van der Waals surface area contributed by atoms with Gasteiger partial charge in [0, 0.05) is 25.8 Å². The quantitative estimate of drug-likeness (QED) is 0.329. The summed E-state index contributed by atoms with van der Waals surface area (Å²) in [6, 6.07) is 1.93. The number of aromatic amines is 1. The number of unbranched alkanes of at least 4 members (excludes halogenated alkanes) is 1. The molecule has 0 bridgehead atoms. The molecule has 0 fully saturated rings. The zero-order valence-electron chi connectivity index (χ0n) is 21.3. The van der Waals surface area contributed by atoms with Crippen LogP contribution in [-0.2, 0) is 36.3 Å². The zero-order chi connectivity index (χ0) is 26.0. The monoisotopic (exact) mass is 497 g/mol. The van der Waals surface area contributed by atoms with Gasteiger partial charge in [0.05, 0.1) is 5.39 Å². The fourth-order valence-electron chi connectivity index (χ4n) is 4.28. The first kappa shape index (κ1) is 25.1. The van der Waals surface area contributed by atoms with Gasteiger partial charge in [0.15, 0.2) is 23.4 Å². The maximum Gasteiger partial charge on any atom is 0.344 e. The molecule has 0 aliphatic carbocycles. The molecule has 1 N–H and O–H groups in total. The number of ether oxygens (including phenoxy) is 2. The Morgan fingerprint density at radius 2 is 1.83 bits per heavy atom. The molecule has 0 radical (unpaired) electrons. The molecule has 0 saturated carbocycles. The van der Waals surface area contributed by atoms with Crippen molar-refractivity contribution in [3.63, 3.8) is 0 Å². The Labute approximate surface area is 206 Å². The fraction of sp³-hybridized carbons (Fsp3) is 0.500. The van der Waals surface area contributed by atoms with E-state index in [-0.39, 0.29) is 13.2 Å². The van der Waals surface area contributed by atoms with Gasteiger partial charge in [0.2, 0.25) is 5.88 Å². The third-order valence-electron chi connectivity index (χ3n) is 5.92. The Morgan fingerprint density at radius 3 is 2.56 bits per heavy atom. The van der Waals surface area contributed by atoms with Crippen molar-refractivity contribution in [1.29, 1.82) is 0 Å². The summed E-state index contributed by atoms with van der Waals surface area (Å²) in [7, 11) is 1.76. The second-order valence-electron chi connectivity index (χ2n) is 8.77. The van der Waals surface area contributed by atoms with Gasteiger partial charge in [-0.3, -0.25) is 14.3 Å². The Balaban J connectivity index is 1.54. The number of esters is 1. The second kappa shape index (κ2) is 10.3. The fourth-order valence-corrected chi connectivity index (χ4v) is 4.28. The van der Waals surface area contributed by atoms with Crippen LogP contribution in [0.3, 0.4) is 0 Å². The van der Waals surface area contributed by atoms with Crippen LogP contribution in [0.25, 0.3) is 22.2 Å². The van der Waals surface area contributed by atoms with Crippen LogP contribution in [0, 0.1) is 13.8 Å². The highest BCUT2D eigenvalue weighted by molar-refractivity contribution is 5.85. The van der Waals surface area contributed by atoms with E-state index in [4.69, 9.17) is 9.47 Å². The molecule has 12 heteroatoms. The minimum Gasteiger partial charge on any atom is -0.464 e. The van der Waals surface area contributed by atoms with Crippen molar-refractivity contribution in [3.05, 3.63) is 44.0 Å². The number of nitrogens with zero attached hydrogens (tertiary/aromatic N) is 6. The van der Waals surface area contributed by atoms with Gasteiger partial charge in [-0.1, -0.05) is 20.3 Å². The number of hydrogen-bond donors (Lipinski definition) is 1. The number of H-pyrrole nitrogens is 1. The zero-order valence-corrected chi connectivity index (χ0v) is 21.3. The first-order valence-electron chi connectivity index (χ1n) is 12.1. The van der Waals surface area contributed by atoms with Crippen molar-refractivity contribution in [3.8, 4) is 5.88 Å². The van der Waals surface area contributed by atoms with Gasteiger partial charge in [-0.2, -0.15) is 0 Å². The van der Waals surface area contributed by atoms with E-state index in [2.05, 4.69) is 20.1 Å². The van der Waals surface area contributed by atoms with Crippen LogP contribution in [0.5, 0.6) is 5.88 Å². The first-order valence-corrected chi connectivity index (χ1v) is 12.1. The predicted molar refractivity (Wildman–Crippen MR) is 133 cm³/mol. The van der Waals surface area contributed by atoms with Gasteiger partial charge in [-0.25, -0.2) is 24.2 Å². The number of carbonyl (C=O) groups is 1. The molecule has 0 atom stereocenters. The third-order valence-corrected chi connectivity index (χ3v) is 5.92. The van der Waals surface area contributed by atoms with Crippen LogP contribution < -0.4 is 16.0 Å². The minimum absolute atomic E-state index is 0.166. The Kier molecular flexibility index (Phi) is 7.22. The lowest BCUT2D eigenvalue weighted by atomic mass is 10.2. The van der Waals surface area contributed by atoms with E-state index in [0.29, 0.717) is 41.6 Å². The van der Waals surface area contributed by atoms with Crippen molar-refractivity contribution in [2.24, 2.45) is 7.05 Å². The number of hydrogen-bond acceptors (Lipinski definition) is 8. The smallest absolute Gasteiger partial charge is 0.344 e. The lowest BCUT2D eigenvalue weighted by Crippen LogP contribution is -2.31. The summed E-state index contributed by atoms with van der Waals surface area (Å²) >= 11 is 0. The molecule has 4 heterocycles. The van der Waals surface area contributed by atoms with E-state index in [1.165, 1.54) is 4.57 Å². The standard InChI is InChI=1S/C24H31N7O5/c1-6-8-10-31-21-19(22(33)27-24(31)34)30(9-7-2)16(26-21)12-35-17(32)13-36-23-18-14(3)11-15(4)25-20(18)29(5)28-23/h11H,6-10,12-13H2,1-5H3,(H,27,33,34). The molecule has 0 aromatic carbocycles. The van der Waals surface area contributed by atoms with E-state index in [0.717, 1.165) is 35.9 Å². The minimum atomic E-state index is -0.612. The number of rotatable bonds is 10. The van der Waals surface area contributed by atoms with Crippen molar-refractivity contribution in [1.82, 2.24) is 33.9 Å². The van der Waals surface area contributed by atoms with Crippen molar-refractivity contribution in [2.75, 3.05) is 6.61 Å². The summed E-state index contributed by atoms with van der Waals surface area (Å²) in [5.74, 6) is 0.0819. The summed E-state index contributed by atoms with van der Waals surface area (Å²) in [5, 5.41) is 5.08. The van der Waals surface area contributed by atoms with Gasteiger partial charge in [0.1, 0.15) is 12.4 Å². The highest BCUT2D eigenvalue weighted by Crippen LogP contribution is 2.27. The second-order valence-corrected chi connectivity index (χ2v) is 8.77. The molecule has 4 aromatic heterocycles. The highest BCUT2D eigenvalue weighted by atomic mass is 16.6. The van der Waals surface area contributed by atoms with E-state index in [1.807, 2.05) is 33.8 Å². The summed E-state index contributed by atoms with van der Waals surface area (Å²) in [5.41, 5.74) is 2.07. The topological polar surface area (TPSA) is 139 Å². The summed E-state index contributed by atoms with van der Waals surface area (Å²) in [6.45, 7) is 8.22. The average Bonchev–Trinajstić information content (AvgIpc) is 3.34. The normalized spacial score (nSPS) is 11.5. The van der Waals surface area contributed by atoms with Crippen molar-refractivity contribution >= 4 is 28.2 Å². The van der Waals surface area contributed by atoms with E-state index in [1.54, 1.807) is 16.3 Å². The number of nitrogens with one attached hydrogen (secondary N) is 1. The molecule has 0 saturated heterocycles. The molecule has 12 nitrogen and oxygen atoms in total. The molecule has 192 valence electrons. The first-order chi connectivity index (χ1) is 17.2. The molecule has 36 heavy (non-hydrogen) atoms. The van der Waals surface area contributed by atoms with E-state index in [9.17, 15) is 14.4 Å². The summed E-state index contributed by atoms with van der Waals surface area (Å²) in [4.78, 5) is 48.9. The van der Waals surface area contributed by atoms with Crippen LogP contribution in [-0.4, -0.2) is 46.4 Å². The van der Waals surface area contributed by atoms with Gasteiger partial charge in [-0.05, 0) is 38.3 Å². The predicted octanol–water partition coefficient (Wildman–Crippen LogP) is 2.12. The van der Waals surface area contributed by atoms with Gasteiger partial charge >= 0.3 is 11.7 Å². The molecule has 0 amide bonds. The Hall–Kier alpha value is -3.96. The van der Waals surface area contributed by atoms with Gasteiger partial charge in [0.25, 0.3) is 5.56 Å². The molecular weight excluding hydrogens is 466 g/mol. The molecule has 0 aliphatic rings. The lowest BCUT2D eigenvalue weighted by molar-refractivity contribution is -0.147. The van der Waals surface area contributed by atoms with Gasteiger partial charge in [-0.15, -0.1) is 5.10 Å². The van der Waals surface area contributed by atoms with Gasteiger partial charge < -0.3 is 14.0 Å². The van der Waals surface area contributed by atoms with Crippen LogP contribution in [0.15, 0.2) is 15.7 Å². The Morgan fingerprint density at radius 1 is 1.06 bits per heavy atom. The number of carbonyl (C=O) groups excluding carboxylic acids is 1. The average molecular weight is 498 g/mol. The highest BCUT2D eigenvalue weighted by Gasteiger charge is 2.20. The summed E-state index contributed by atoms with van der Waals surface area (Å²) < 4.78 is 15.9. The van der Waals surface area contributed by atoms with Crippen molar-refractivity contribution < 1.29 is 14.3 Å². The van der Waals surface area contributed by atoms with E-state index >= 15 is 0 Å². The van der Waals surface area contributed by atoms with Crippen LogP contribution in [0.4, 0.5) is 0 Å². The van der Waals surface area contributed by atoms with Crippen LogP contribution in [0.2, 0.25) is 0 Å². The maximum absolute atomic E-state index is 12.6. The van der Waals surface area contributed by atoms with Crippen LogP contribution in [0.1, 0.15) is 50.2 Å². The summed E-state index contributed by atoms with van der Waals surface area (Å²) in [6.07, 6.45) is 2.37. The van der Waals surface area contributed by atoms with Crippen molar-refractivity contribution in [2.45, 2.75) is 66.7 Å². The molecule has 0 unspecified atom stereocenters. The number of pyridine rings is 1. The SMILES string of the molecule is CCCCn1c(=O)[nH]c(=O)c2c1nc(COC(=O)COc1nn(C)c3nc(C)cc(C)c13)n2CCC. The number of aromatic nitrogens is 7. The third kappa shape index (κ3) is 4.75. The molecular formula is C24H31N7O5.